The van der Waals surface area contributed by atoms with Crippen LogP contribution in [0.2, 0.25) is 0 Å². The Morgan fingerprint density at radius 3 is 2.93 bits per heavy atom. The molecular weight excluding hydrogens is 176 g/mol. The molecule has 4 heteroatoms. The molecule has 0 bridgehead atoms. The maximum Gasteiger partial charge on any atom is 0.0964 e. The van der Waals surface area contributed by atoms with Crippen LogP contribution in [0.15, 0.2) is 6.20 Å². The van der Waals surface area contributed by atoms with Crippen molar-refractivity contribution in [3.8, 4) is 0 Å². The van der Waals surface area contributed by atoms with E-state index in [0.717, 1.165) is 31.7 Å². The third-order valence-electron chi connectivity index (χ3n) is 2.05. The van der Waals surface area contributed by atoms with Crippen molar-refractivity contribution in [3.63, 3.8) is 0 Å². The summed E-state index contributed by atoms with van der Waals surface area (Å²) in [4.78, 5) is 0. The fourth-order valence-electron chi connectivity index (χ4n) is 1.28. The van der Waals surface area contributed by atoms with Crippen LogP contribution in [0.5, 0.6) is 0 Å². The molecule has 14 heavy (non-hydrogen) atoms. The molecule has 0 saturated carbocycles. The number of unbranched alkanes of at least 4 members (excludes halogenated alkanes) is 1. The summed E-state index contributed by atoms with van der Waals surface area (Å²) in [5.74, 6) is 0. The Bertz CT molecular complexity index is 244. The highest BCUT2D eigenvalue weighted by Gasteiger charge is 1.98. The molecule has 0 unspecified atom stereocenters. The molecule has 0 aliphatic heterocycles. The largest absolute Gasteiger partial charge is 0.311 e. The highest BCUT2D eigenvalue weighted by molar-refractivity contribution is 4.91. The van der Waals surface area contributed by atoms with Crippen molar-refractivity contribution in [2.45, 2.75) is 46.2 Å². The fourth-order valence-corrected chi connectivity index (χ4v) is 1.28. The van der Waals surface area contributed by atoms with E-state index in [4.69, 9.17) is 0 Å². The number of aromatic nitrogens is 3. The Morgan fingerprint density at radius 1 is 1.36 bits per heavy atom. The predicted molar refractivity (Wildman–Crippen MR) is 56.9 cm³/mol. The minimum absolute atomic E-state index is 0.837. The highest BCUT2D eigenvalue weighted by atomic mass is 15.4. The molecule has 1 aromatic heterocycles. The van der Waals surface area contributed by atoms with Crippen molar-refractivity contribution in [3.05, 3.63) is 11.9 Å². The Morgan fingerprint density at radius 2 is 2.21 bits per heavy atom. The zero-order valence-corrected chi connectivity index (χ0v) is 9.16. The molecule has 1 heterocycles. The molecule has 80 valence electrons. The predicted octanol–water partition coefficient (Wildman–Crippen LogP) is 1.58. The maximum atomic E-state index is 4.08. The highest BCUT2D eigenvalue weighted by Crippen LogP contribution is 1.94. The first-order chi connectivity index (χ1) is 6.86. The molecule has 1 aromatic rings. The van der Waals surface area contributed by atoms with Gasteiger partial charge in [-0.2, -0.15) is 0 Å². The summed E-state index contributed by atoms with van der Waals surface area (Å²) >= 11 is 0. The van der Waals surface area contributed by atoms with Crippen LogP contribution in [-0.4, -0.2) is 21.5 Å². The van der Waals surface area contributed by atoms with Gasteiger partial charge in [0, 0.05) is 19.3 Å². The van der Waals surface area contributed by atoms with Gasteiger partial charge in [-0.15, -0.1) is 5.10 Å². The molecular formula is C10H20N4. The molecule has 0 amide bonds. The molecule has 0 saturated heterocycles. The van der Waals surface area contributed by atoms with Gasteiger partial charge in [0.25, 0.3) is 0 Å². The topological polar surface area (TPSA) is 42.7 Å². The van der Waals surface area contributed by atoms with Crippen molar-refractivity contribution < 1.29 is 0 Å². The first-order valence-electron chi connectivity index (χ1n) is 5.46. The van der Waals surface area contributed by atoms with Crippen molar-refractivity contribution in [2.24, 2.45) is 0 Å². The smallest absolute Gasteiger partial charge is 0.0964 e. The third-order valence-corrected chi connectivity index (χ3v) is 2.05. The van der Waals surface area contributed by atoms with E-state index in [-0.39, 0.29) is 0 Å². The van der Waals surface area contributed by atoms with Gasteiger partial charge in [-0.05, 0) is 19.4 Å². The average Bonchev–Trinajstić information content (AvgIpc) is 2.61. The number of hydrogen-bond acceptors (Lipinski definition) is 3. The molecule has 1 N–H and O–H groups in total. The van der Waals surface area contributed by atoms with Crippen molar-refractivity contribution in [2.75, 3.05) is 6.54 Å². The lowest BCUT2D eigenvalue weighted by atomic mass is 10.3. The first kappa shape index (κ1) is 11.2. The summed E-state index contributed by atoms with van der Waals surface area (Å²) in [7, 11) is 0. The molecule has 1 rings (SSSR count). The maximum absolute atomic E-state index is 4.08. The summed E-state index contributed by atoms with van der Waals surface area (Å²) in [6, 6.07) is 0. The lowest BCUT2D eigenvalue weighted by molar-refractivity contribution is 0.578. The minimum atomic E-state index is 0.837. The van der Waals surface area contributed by atoms with Crippen molar-refractivity contribution in [1.29, 1.82) is 0 Å². The van der Waals surface area contributed by atoms with E-state index in [2.05, 4.69) is 29.5 Å². The van der Waals surface area contributed by atoms with E-state index < -0.39 is 0 Å². The second-order valence-corrected chi connectivity index (χ2v) is 3.50. The van der Waals surface area contributed by atoms with E-state index in [9.17, 15) is 0 Å². The second kappa shape index (κ2) is 6.54. The van der Waals surface area contributed by atoms with E-state index in [1.807, 2.05) is 10.9 Å². The van der Waals surface area contributed by atoms with Gasteiger partial charge in [0.05, 0.1) is 5.69 Å². The van der Waals surface area contributed by atoms with Crippen LogP contribution in [0.3, 0.4) is 0 Å². The van der Waals surface area contributed by atoms with Crippen LogP contribution in [0.1, 0.15) is 38.8 Å². The third kappa shape index (κ3) is 3.87. The Labute approximate surface area is 85.7 Å². The quantitative estimate of drug-likeness (QED) is 0.673. The molecule has 0 fully saturated rings. The summed E-state index contributed by atoms with van der Waals surface area (Å²) < 4.78 is 1.90. The van der Waals surface area contributed by atoms with Gasteiger partial charge in [-0.25, -0.2) is 0 Å². The fraction of sp³-hybridized carbons (Fsp3) is 0.800. The van der Waals surface area contributed by atoms with Crippen molar-refractivity contribution in [1.82, 2.24) is 20.3 Å². The van der Waals surface area contributed by atoms with Gasteiger partial charge in [0.2, 0.25) is 0 Å². The van der Waals surface area contributed by atoms with E-state index in [1.54, 1.807) is 0 Å². The van der Waals surface area contributed by atoms with Gasteiger partial charge in [-0.3, -0.25) is 4.68 Å². The molecule has 0 radical (unpaired) electrons. The number of hydrogen-bond donors (Lipinski definition) is 1. The second-order valence-electron chi connectivity index (χ2n) is 3.50. The van der Waals surface area contributed by atoms with Gasteiger partial charge >= 0.3 is 0 Å². The zero-order chi connectivity index (χ0) is 10.2. The first-order valence-corrected chi connectivity index (χ1v) is 5.46. The normalized spacial score (nSPS) is 10.7. The summed E-state index contributed by atoms with van der Waals surface area (Å²) in [6.45, 7) is 7.20. The number of rotatable bonds is 7. The van der Waals surface area contributed by atoms with E-state index in [0.29, 0.717) is 0 Å². The Hall–Kier alpha value is -0.900. The molecule has 0 aliphatic carbocycles. The van der Waals surface area contributed by atoms with Crippen LogP contribution in [0.4, 0.5) is 0 Å². The summed E-state index contributed by atoms with van der Waals surface area (Å²) in [5, 5.41) is 11.5. The van der Waals surface area contributed by atoms with Crippen LogP contribution in [-0.2, 0) is 13.1 Å². The Balaban J connectivity index is 2.22. The van der Waals surface area contributed by atoms with Crippen LogP contribution >= 0.6 is 0 Å². The summed E-state index contributed by atoms with van der Waals surface area (Å²) in [5.41, 5.74) is 1.04. The van der Waals surface area contributed by atoms with Crippen LogP contribution in [0, 0.1) is 0 Å². The molecule has 0 aliphatic rings. The number of nitrogens with zero attached hydrogens (tertiary/aromatic N) is 3. The van der Waals surface area contributed by atoms with Crippen LogP contribution < -0.4 is 5.32 Å². The van der Waals surface area contributed by atoms with Gasteiger partial charge in [0.15, 0.2) is 0 Å². The van der Waals surface area contributed by atoms with E-state index >= 15 is 0 Å². The monoisotopic (exact) mass is 196 g/mol. The number of aryl methyl sites for hydroxylation is 1. The van der Waals surface area contributed by atoms with Gasteiger partial charge < -0.3 is 5.32 Å². The van der Waals surface area contributed by atoms with Gasteiger partial charge in [-0.1, -0.05) is 25.5 Å². The average molecular weight is 196 g/mol. The molecule has 0 spiro atoms. The summed E-state index contributed by atoms with van der Waals surface area (Å²) in [6.07, 6.45) is 5.58. The number of nitrogens with one attached hydrogen (secondary N) is 1. The Kier molecular flexibility index (Phi) is 5.22. The lowest BCUT2D eigenvalue weighted by Gasteiger charge is -1.99. The standard InChI is InChI=1S/C10H20N4/c1-3-5-6-11-8-10-9-14(7-4-2)13-12-10/h9,11H,3-8H2,1-2H3. The zero-order valence-electron chi connectivity index (χ0n) is 9.16. The van der Waals surface area contributed by atoms with Gasteiger partial charge in [0.1, 0.15) is 0 Å². The molecule has 4 nitrogen and oxygen atoms in total. The lowest BCUT2D eigenvalue weighted by Crippen LogP contribution is -2.14. The van der Waals surface area contributed by atoms with E-state index in [1.165, 1.54) is 12.8 Å². The minimum Gasteiger partial charge on any atom is -0.311 e. The van der Waals surface area contributed by atoms with Crippen molar-refractivity contribution >= 4 is 0 Å². The van der Waals surface area contributed by atoms with Crippen LogP contribution in [0.25, 0.3) is 0 Å². The molecule has 0 atom stereocenters. The molecule has 0 aromatic carbocycles. The SMILES string of the molecule is CCCCNCc1cn(CCC)nn1.